The van der Waals surface area contributed by atoms with Gasteiger partial charge in [0.25, 0.3) is 5.56 Å². The van der Waals surface area contributed by atoms with Gasteiger partial charge in [-0.25, -0.2) is 22.4 Å². The maximum absolute atomic E-state index is 12.8. The number of amides is 1. The van der Waals surface area contributed by atoms with Crippen molar-refractivity contribution in [1.29, 1.82) is 0 Å². The van der Waals surface area contributed by atoms with E-state index in [1.54, 1.807) is 9.25 Å². The van der Waals surface area contributed by atoms with Crippen LogP contribution in [0.5, 0.6) is 0 Å². The molecule has 1 N–H and O–H groups in total. The van der Waals surface area contributed by atoms with E-state index in [0.29, 0.717) is 56.6 Å². The second-order valence-corrected chi connectivity index (χ2v) is 11.0. The lowest BCUT2D eigenvalue weighted by Gasteiger charge is -2.29. The molecule has 33 heavy (non-hydrogen) atoms. The largest absolute Gasteiger partial charge is 0.354 e. The van der Waals surface area contributed by atoms with Crippen LogP contribution in [0.2, 0.25) is 0 Å². The number of sulfonamides is 1. The number of nitrogens with one attached hydrogen (secondary N) is 1. The van der Waals surface area contributed by atoms with Gasteiger partial charge in [-0.15, -0.1) is 0 Å². The van der Waals surface area contributed by atoms with Gasteiger partial charge in [-0.3, -0.25) is 14.2 Å². The highest BCUT2D eigenvalue weighted by Gasteiger charge is 2.28. The average Bonchev–Trinajstić information content (AvgIpc) is 3.20. The normalized spacial score (nSPS) is 15.7. The minimum atomic E-state index is -3.21. The lowest BCUT2D eigenvalue weighted by atomic mass is 9.97. The van der Waals surface area contributed by atoms with E-state index in [0.717, 1.165) is 10.0 Å². The van der Waals surface area contributed by atoms with Crippen LogP contribution in [0.3, 0.4) is 0 Å². The van der Waals surface area contributed by atoms with Crippen molar-refractivity contribution in [2.75, 3.05) is 25.9 Å². The second-order valence-electron chi connectivity index (χ2n) is 8.14. The summed E-state index contributed by atoms with van der Waals surface area (Å²) in [6, 6.07) is 7.73. The smallest absolute Gasteiger partial charge is 0.264 e. The molecule has 0 atom stereocenters. The number of hydrogen-bond donors (Lipinski definition) is 1. The maximum atomic E-state index is 12.8. The number of hydrogen-bond acceptors (Lipinski definition) is 6. The summed E-state index contributed by atoms with van der Waals surface area (Å²) >= 11 is 3.40. The van der Waals surface area contributed by atoms with Crippen LogP contribution in [0.25, 0.3) is 11.0 Å². The lowest BCUT2D eigenvalue weighted by molar-refractivity contribution is -0.126. The minimum absolute atomic E-state index is 0.0931. The van der Waals surface area contributed by atoms with E-state index in [9.17, 15) is 18.0 Å². The first-order chi connectivity index (χ1) is 15.7. The van der Waals surface area contributed by atoms with Crippen molar-refractivity contribution >= 4 is 42.9 Å². The quantitative estimate of drug-likeness (QED) is 0.484. The third-order valence-corrected chi connectivity index (χ3v) is 7.64. The molecule has 0 saturated carbocycles. The summed E-state index contributed by atoms with van der Waals surface area (Å²) in [4.78, 5) is 29.7. The minimum Gasteiger partial charge on any atom is -0.354 e. The molecule has 0 bridgehead atoms. The van der Waals surface area contributed by atoms with Crippen molar-refractivity contribution in [3.05, 3.63) is 57.2 Å². The Labute approximate surface area is 199 Å². The molecule has 4 rings (SSSR count). The molecule has 1 saturated heterocycles. The molecule has 0 unspecified atom stereocenters. The monoisotopic (exact) mass is 536 g/mol. The van der Waals surface area contributed by atoms with Crippen molar-refractivity contribution < 1.29 is 13.2 Å². The lowest BCUT2D eigenvalue weighted by Crippen LogP contribution is -2.43. The molecule has 0 radical (unpaired) electrons. The number of halogens is 1. The molecule has 2 aromatic heterocycles. The van der Waals surface area contributed by atoms with Gasteiger partial charge in [0.1, 0.15) is 11.7 Å². The van der Waals surface area contributed by atoms with Gasteiger partial charge in [-0.05, 0) is 30.5 Å². The molecule has 1 aromatic carbocycles. The Bertz CT molecular complexity index is 1310. The van der Waals surface area contributed by atoms with E-state index in [4.69, 9.17) is 0 Å². The van der Waals surface area contributed by atoms with Gasteiger partial charge in [0.05, 0.1) is 25.5 Å². The molecule has 3 aromatic rings. The summed E-state index contributed by atoms with van der Waals surface area (Å²) in [6.45, 7) is 1.84. The van der Waals surface area contributed by atoms with Crippen LogP contribution >= 0.6 is 15.9 Å². The highest BCUT2D eigenvalue weighted by atomic mass is 79.9. The van der Waals surface area contributed by atoms with Gasteiger partial charge in [0.2, 0.25) is 15.9 Å². The third kappa shape index (κ3) is 5.50. The van der Waals surface area contributed by atoms with E-state index in [1.165, 1.54) is 23.1 Å². The first-order valence-electron chi connectivity index (χ1n) is 10.6. The second kappa shape index (κ2) is 9.74. The van der Waals surface area contributed by atoms with Crippen LogP contribution in [-0.4, -0.2) is 63.9 Å². The fourth-order valence-electron chi connectivity index (χ4n) is 3.94. The summed E-state index contributed by atoms with van der Waals surface area (Å²) in [7, 11) is -3.21. The van der Waals surface area contributed by atoms with Crippen LogP contribution in [0.1, 0.15) is 18.4 Å². The third-order valence-electron chi connectivity index (χ3n) is 5.81. The molecule has 0 aliphatic carbocycles. The maximum Gasteiger partial charge on any atom is 0.264 e. The zero-order valence-corrected chi connectivity index (χ0v) is 20.5. The Morgan fingerprint density at radius 3 is 2.58 bits per heavy atom. The fourth-order valence-corrected chi connectivity index (χ4v) is 5.08. The number of carbonyl (C=O) groups excluding carboxylic acids is 1. The molecule has 1 amide bonds. The Hall–Kier alpha value is -2.57. The molecule has 176 valence electrons. The van der Waals surface area contributed by atoms with Crippen LogP contribution in [-0.2, 0) is 27.9 Å². The summed E-state index contributed by atoms with van der Waals surface area (Å²) in [5.74, 6) is -0.300. The standard InChI is InChI=1S/C21H25BrN6O4S/c1-33(31,32)27-9-6-16(7-10-27)20(29)23-8-11-28-19-18(12-25-28)21(30)26(14-24-19)13-15-2-4-17(22)5-3-15/h2-5,12,14,16H,6-11,13H2,1H3,(H,23,29). The molecule has 3 heterocycles. The zero-order valence-electron chi connectivity index (χ0n) is 18.1. The van der Waals surface area contributed by atoms with E-state index >= 15 is 0 Å². The molecule has 0 spiro atoms. The first kappa shape index (κ1) is 23.6. The number of piperidine rings is 1. The highest BCUT2D eigenvalue weighted by molar-refractivity contribution is 9.10. The van der Waals surface area contributed by atoms with E-state index in [-0.39, 0.29) is 17.4 Å². The van der Waals surface area contributed by atoms with Gasteiger partial charge in [0.15, 0.2) is 5.65 Å². The molecule has 1 fully saturated rings. The van der Waals surface area contributed by atoms with Crippen LogP contribution in [0.4, 0.5) is 0 Å². The summed E-state index contributed by atoms with van der Waals surface area (Å²) in [5, 5.41) is 7.59. The molecule has 1 aliphatic heterocycles. The van der Waals surface area contributed by atoms with Gasteiger partial charge in [-0.2, -0.15) is 5.10 Å². The molecule has 10 nitrogen and oxygen atoms in total. The van der Waals surface area contributed by atoms with E-state index in [1.807, 2.05) is 24.3 Å². The predicted octanol–water partition coefficient (Wildman–Crippen LogP) is 1.19. The Morgan fingerprint density at radius 1 is 1.21 bits per heavy atom. The topological polar surface area (TPSA) is 119 Å². The zero-order chi connectivity index (χ0) is 23.6. The van der Waals surface area contributed by atoms with Crippen molar-refractivity contribution in [3.8, 4) is 0 Å². The molecule has 1 aliphatic rings. The van der Waals surface area contributed by atoms with Gasteiger partial charge in [0, 0.05) is 30.0 Å². The molecular weight excluding hydrogens is 512 g/mol. The number of aromatic nitrogens is 4. The van der Waals surface area contributed by atoms with Crippen molar-refractivity contribution in [2.24, 2.45) is 5.92 Å². The molecular formula is C21H25BrN6O4S. The predicted molar refractivity (Wildman–Crippen MR) is 127 cm³/mol. The van der Waals surface area contributed by atoms with E-state index in [2.05, 4.69) is 31.3 Å². The van der Waals surface area contributed by atoms with E-state index < -0.39 is 10.0 Å². The number of fused-ring (bicyclic) bond motifs is 1. The van der Waals surface area contributed by atoms with Gasteiger partial charge < -0.3 is 5.32 Å². The summed E-state index contributed by atoms with van der Waals surface area (Å²) in [6.07, 6.45) is 5.21. The summed E-state index contributed by atoms with van der Waals surface area (Å²) in [5.41, 5.74) is 1.29. The number of benzene rings is 1. The average molecular weight is 537 g/mol. The van der Waals surface area contributed by atoms with Gasteiger partial charge >= 0.3 is 0 Å². The number of carbonyl (C=O) groups is 1. The highest BCUT2D eigenvalue weighted by Crippen LogP contribution is 2.19. The van der Waals surface area contributed by atoms with Gasteiger partial charge in [-0.1, -0.05) is 28.1 Å². The summed E-state index contributed by atoms with van der Waals surface area (Å²) < 4.78 is 28.7. The van der Waals surface area contributed by atoms with Crippen molar-refractivity contribution in [3.63, 3.8) is 0 Å². The first-order valence-corrected chi connectivity index (χ1v) is 13.2. The SMILES string of the molecule is CS(=O)(=O)N1CCC(C(=O)NCCn2ncc3c(=O)n(Cc4ccc(Br)cc4)cnc32)CC1. The Morgan fingerprint density at radius 2 is 1.91 bits per heavy atom. The Kier molecular flexibility index (Phi) is 6.96. The van der Waals surface area contributed by atoms with Crippen LogP contribution in [0, 0.1) is 5.92 Å². The fraction of sp³-hybridized carbons (Fsp3) is 0.429. The van der Waals surface area contributed by atoms with Crippen LogP contribution < -0.4 is 10.9 Å². The number of nitrogens with zero attached hydrogens (tertiary/aromatic N) is 5. The Balaban J connectivity index is 1.35. The van der Waals surface area contributed by atoms with Crippen molar-refractivity contribution in [1.82, 2.24) is 29.0 Å². The van der Waals surface area contributed by atoms with Crippen LogP contribution in [0.15, 0.2) is 46.1 Å². The molecule has 12 heteroatoms. The van der Waals surface area contributed by atoms with Crippen molar-refractivity contribution in [2.45, 2.75) is 25.9 Å². The number of rotatable bonds is 7.